The van der Waals surface area contributed by atoms with Crippen LogP contribution in [0.4, 0.5) is 0 Å². The summed E-state index contributed by atoms with van der Waals surface area (Å²) in [5.41, 5.74) is 2.29. The highest BCUT2D eigenvalue weighted by atomic mass is 16.5. The summed E-state index contributed by atoms with van der Waals surface area (Å²) in [7, 11) is 0. The number of aryl methyl sites for hydroxylation is 1. The van der Waals surface area contributed by atoms with Gasteiger partial charge in [0.1, 0.15) is 11.3 Å². The van der Waals surface area contributed by atoms with Crippen molar-refractivity contribution in [3.8, 4) is 5.75 Å². The Morgan fingerprint density at radius 2 is 1.93 bits per heavy atom. The zero-order valence-corrected chi connectivity index (χ0v) is 16.1. The monoisotopic (exact) mass is 391 g/mol. The molecule has 0 aliphatic carbocycles. The van der Waals surface area contributed by atoms with Crippen molar-refractivity contribution in [3.63, 3.8) is 0 Å². The molecule has 5 rings (SSSR count). The number of ether oxygens (including phenoxy) is 1. The molecule has 1 fully saturated rings. The molecule has 29 heavy (non-hydrogen) atoms. The minimum Gasteiger partial charge on any atom is -0.508 e. The first-order valence-electron chi connectivity index (χ1n) is 9.82. The number of benzene rings is 2. The fourth-order valence-corrected chi connectivity index (χ4v) is 4.33. The molecule has 0 bridgehead atoms. The van der Waals surface area contributed by atoms with Gasteiger partial charge in [-0.25, -0.2) is 0 Å². The molecule has 1 aromatic heterocycles. The van der Waals surface area contributed by atoms with E-state index < -0.39 is 6.04 Å². The van der Waals surface area contributed by atoms with Crippen LogP contribution in [0, 0.1) is 6.92 Å². The molecule has 1 amide bonds. The number of carbonyl (C=O) groups excluding carboxylic acids is 1. The van der Waals surface area contributed by atoms with Crippen LogP contribution in [0.25, 0.3) is 11.0 Å². The van der Waals surface area contributed by atoms with Crippen LogP contribution in [0.3, 0.4) is 0 Å². The summed E-state index contributed by atoms with van der Waals surface area (Å²) in [6.07, 6.45) is 1.79. The Morgan fingerprint density at radius 3 is 2.66 bits per heavy atom. The minimum absolute atomic E-state index is 0.0559. The fraction of sp³-hybridized carbons (Fsp3) is 0.304. The quantitative estimate of drug-likeness (QED) is 0.739. The van der Waals surface area contributed by atoms with E-state index in [1.165, 1.54) is 0 Å². The zero-order valence-electron chi connectivity index (χ0n) is 16.1. The average molecular weight is 391 g/mol. The van der Waals surface area contributed by atoms with E-state index in [1.54, 1.807) is 41.3 Å². The van der Waals surface area contributed by atoms with Crippen LogP contribution in [0.1, 0.15) is 46.1 Å². The lowest BCUT2D eigenvalue weighted by molar-refractivity contribution is 0.0486. The van der Waals surface area contributed by atoms with Crippen LogP contribution in [-0.2, 0) is 4.74 Å². The van der Waals surface area contributed by atoms with E-state index in [2.05, 4.69) is 0 Å². The summed E-state index contributed by atoms with van der Waals surface area (Å²) in [6.45, 7) is 2.99. The van der Waals surface area contributed by atoms with E-state index in [1.807, 2.05) is 13.0 Å². The Balaban J connectivity index is 1.71. The van der Waals surface area contributed by atoms with Crippen molar-refractivity contribution < 1.29 is 19.1 Å². The Kier molecular flexibility index (Phi) is 4.17. The first kappa shape index (κ1) is 17.9. The van der Waals surface area contributed by atoms with Crippen molar-refractivity contribution in [2.45, 2.75) is 31.9 Å². The highest BCUT2D eigenvalue weighted by Gasteiger charge is 2.43. The second kappa shape index (κ2) is 6.74. The molecule has 0 saturated carbocycles. The third-order valence-corrected chi connectivity index (χ3v) is 5.75. The maximum absolute atomic E-state index is 13.4. The van der Waals surface area contributed by atoms with Crippen LogP contribution >= 0.6 is 0 Å². The van der Waals surface area contributed by atoms with E-state index in [0.717, 1.165) is 24.0 Å². The van der Waals surface area contributed by atoms with Gasteiger partial charge in [-0.05, 0) is 49.6 Å². The van der Waals surface area contributed by atoms with Crippen molar-refractivity contribution in [1.29, 1.82) is 0 Å². The third kappa shape index (κ3) is 2.91. The van der Waals surface area contributed by atoms with Crippen molar-refractivity contribution in [3.05, 3.63) is 75.1 Å². The van der Waals surface area contributed by atoms with Gasteiger partial charge >= 0.3 is 0 Å². The fourth-order valence-electron chi connectivity index (χ4n) is 4.33. The van der Waals surface area contributed by atoms with Crippen LogP contribution in [0.15, 0.2) is 51.7 Å². The molecule has 2 aromatic carbocycles. The molecule has 1 saturated heterocycles. The van der Waals surface area contributed by atoms with Gasteiger partial charge in [-0.2, -0.15) is 0 Å². The molecule has 0 radical (unpaired) electrons. The maximum atomic E-state index is 13.4. The Hall–Kier alpha value is -3.12. The number of phenols is 1. The number of amides is 1. The highest BCUT2D eigenvalue weighted by Crippen LogP contribution is 2.39. The third-order valence-electron chi connectivity index (χ3n) is 5.75. The van der Waals surface area contributed by atoms with Crippen LogP contribution in [0.2, 0.25) is 0 Å². The lowest BCUT2D eigenvalue weighted by Crippen LogP contribution is -2.36. The number of hydrogen-bond acceptors (Lipinski definition) is 5. The minimum atomic E-state index is -0.566. The van der Waals surface area contributed by atoms with Crippen LogP contribution in [-0.4, -0.2) is 35.2 Å². The second-order valence-electron chi connectivity index (χ2n) is 7.76. The SMILES string of the molecule is Cc1ccc2oc3c(c(=O)c2c1)[C@H](c1ccc(O)cc1)N(C[C@H]1CCCO1)C3=O. The van der Waals surface area contributed by atoms with Crippen molar-refractivity contribution in [1.82, 2.24) is 4.90 Å². The van der Waals surface area contributed by atoms with Gasteiger partial charge in [0.05, 0.1) is 23.1 Å². The molecule has 3 heterocycles. The topological polar surface area (TPSA) is 80.0 Å². The summed E-state index contributed by atoms with van der Waals surface area (Å²) in [5, 5.41) is 10.2. The van der Waals surface area contributed by atoms with E-state index >= 15 is 0 Å². The number of nitrogens with zero attached hydrogens (tertiary/aromatic N) is 1. The molecule has 2 aliphatic heterocycles. The Bertz CT molecular complexity index is 1160. The number of hydrogen-bond donors (Lipinski definition) is 1. The number of aromatic hydroxyl groups is 1. The molecular formula is C23H21NO5. The summed E-state index contributed by atoms with van der Waals surface area (Å²) < 4.78 is 11.7. The van der Waals surface area contributed by atoms with Crippen molar-refractivity contribution >= 4 is 16.9 Å². The summed E-state index contributed by atoms with van der Waals surface area (Å²) in [5.74, 6) is -0.0688. The van der Waals surface area contributed by atoms with Crippen LogP contribution in [0.5, 0.6) is 5.75 Å². The van der Waals surface area contributed by atoms with Gasteiger partial charge in [0, 0.05) is 13.2 Å². The van der Waals surface area contributed by atoms with E-state index in [-0.39, 0.29) is 28.9 Å². The maximum Gasteiger partial charge on any atom is 0.291 e. The predicted octanol–water partition coefficient (Wildman–Crippen LogP) is 3.53. The van der Waals surface area contributed by atoms with Crippen molar-refractivity contribution in [2.24, 2.45) is 0 Å². The predicted molar refractivity (Wildman–Crippen MR) is 107 cm³/mol. The zero-order chi connectivity index (χ0) is 20.1. The molecule has 2 aliphatic rings. The molecule has 148 valence electrons. The summed E-state index contributed by atoms with van der Waals surface area (Å²) in [6, 6.07) is 11.4. The molecule has 0 spiro atoms. The number of rotatable bonds is 3. The van der Waals surface area contributed by atoms with Gasteiger partial charge in [0.15, 0.2) is 5.43 Å². The molecule has 3 aromatic rings. The largest absolute Gasteiger partial charge is 0.508 e. The summed E-state index contributed by atoms with van der Waals surface area (Å²) >= 11 is 0. The second-order valence-corrected chi connectivity index (χ2v) is 7.76. The van der Waals surface area contributed by atoms with Crippen LogP contribution < -0.4 is 5.43 Å². The molecular weight excluding hydrogens is 370 g/mol. The standard InChI is InChI=1S/C23H21NO5/c1-13-4-9-18-17(11-13)21(26)19-20(14-5-7-15(25)8-6-14)24(23(27)22(19)29-18)12-16-3-2-10-28-16/h4-9,11,16,20,25H,2-3,10,12H2,1H3/t16-,20+/m1/s1. The molecule has 2 atom stereocenters. The molecule has 1 N–H and O–H groups in total. The van der Waals surface area contributed by atoms with Crippen molar-refractivity contribution in [2.75, 3.05) is 13.2 Å². The molecule has 0 unspecified atom stereocenters. The molecule has 6 nitrogen and oxygen atoms in total. The number of phenolic OH excluding ortho intramolecular Hbond substituents is 1. The van der Waals surface area contributed by atoms with E-state index in [4.69, 9.17) is 9.15 Å². The van der Waals surface area contributed by atoms with Gasteiger partial charge in [0.25, 0.3) is 5.91 Å². The number of carbonyl (C=O) groups is 1. The van der Waals surface area contributed by atoms with Gasteiger partial charge < -0.3 is 19.2 Å². The van der Waals surface area contributed by atoms with E-state index in [9.17, 15) is 14.7 Å². The van der Waals surface area contributed by atoms with Gasteiger partial charge in [-0.15, -0.1) is 0 Å². The normalized spacial score (nSPS) is 21.1. The first-order chi connectivity index (χ1) is 14.0. The Morgan fingerprint density at radius 1 is 1.14 bits per heavy atom. The lowest BCUT2D eigenvalue weighted by atomic mass is 9.98. The lowest BCUT2D eigenvalue weighted by Gasteiger charge is -2.27. The first-order valence-corrected chi connectivity index (χ1v) is 9.82. The summed E-state index contributed by atoms with van der Waals surface area (Å²) in [4.78, 5) is 28.4. The van der Waals surface area contributed by atoms with E-state index in [0.29, 0.717) is 29.7 Å². The average Bonchev–Trinajstić information content (AvgIpc) is 3.32. The van der Waals surface area contributed by atoms with Gasteiger partial charge in [-0.1, -0.05) is 23.8 Å². The van der Waals surface area contributed by atoms with Gasteiger partial charge in [-0.3, -0.25) is 9.59 Å². The highest BCUT2D eigenvalue weighted by molar-refractivity contribution is 5.99. The van der Waals surface area contributed by atoms with Gasteiger partial charge in [0.2, 0.25) is 5.76 Å². The Labute approximate surface area is 167 Å². The number of fused-ring (bicyclic) bond motifs is 2. The smallest absolute Gasteiger partial charge is 0.291 e. The molecule has 6 heteroatoms.